The van der Waals surface area contributed by atoms with Crippen molar-refractivity contribution in [2.75, 3.05) is 0 Å². The summed E-state index contributed by atoms with van der Waals surface area (Å²) in [6.45, 7) is 1.91. The summed E-state index contributed by atoms with van der Waals surface area (Å²) >= 11 is 5.80. The largest absolute Gasteiger partial charge is 0.488 e. The van der Waals surface area contributed by atoms with Crippen molar-refractivity contribution in [3.05, 3.63) is 63.9 Å². The Hall–Kier alpha value is -1.87. The number of aryl methyl sites for hydroxylation is 1. The fourth-order valence-electron chi connectivity index (χ4n) is 1.70. The summed E-state index contributed by atoms with van der Waals surface area (Å²) in [5.41, 5.74) is 1.76. The van der Waals surface area contributed by atoms with E-state index in [1.54, 1.807) is 12.1 Å². The Morgan fingerprint density at radius 2 is 2.05 bits per heavy atom. The molecule has 4 heteroatoms. The minimum absolute atomic E-state index is 0.0241. The van der Waals surface area contributed by atoms with Crippen LogP contribution in [0.5, 0.6) is 5.75 Å². The lowest BCUT2D eigenvalue weighted by Gasteiger charge is -2.10. The van der Waals surface area contributed by atoms with E-state index in [0.717, 1.165) is 11.8 Å². The molecular weight excluding hydrogens is 267 g/mol. The van der Waals surface area contributed by atoms with Crippen molar-refractivity contribution in [2.45, 2.75) is 13.5 Å². The molecule has 0 saturated carbocycles. The van der Waals surface area contributed by atoms with Gasteiger partial charge in [0.25, 0.3) is 0 Å². The van der Waals surface area contributed by atoms with Gasteiger partial charge in [-0.25, -0.2) is 4.39 Å². The van der Waals surface area contributed by atoms with Gasteiger partial charge in [0.1, 0.15) is 18.2 Å². The number of carbonyl (C=O) groups is 1. The van der Waals surface area contributed by atoms with E-state index in [1.165, 1.54) is 18.2 Å². The van der Waals surface area contributed by atoms with Gasteiger partial charge in [0.15, 0.2) is 6.29 Å². The Labute approximate surface area is 115 Å². The van der Waals surface area contributed by atoms with Crippen molar-refractivity contribution in [3.8, 4) is 5.75 Å². The molecule has 0 spiro atoms. The quantitative estimate of drug-likeness (QED) is 0.784. The zero-order valence-electron chi connectivity index (χ0n) is 10.3. The summed E-state index contributed by atoms with van der Waals surface area (Å²) in [5.74, 6) is 0.0455. The van der Waals surface area contributed by atoms with E-state index in [9.17, 15) is 9.18 Å². The molecular formula is C15H12ClFO2. The Balaban J connectivity index is 2.18. The molecule has 0 radical (unpaired) electrons. The minimum Gasteiger partial charge on any atom is -0.488 e. The van der Waals surface area contributed by atoms with Crippen molar-refractivity contribution < 1.29 is 13.9 Å². The maximum atomic E-state index is 13.5. The number of halogens is 2. The Morgan fingerprint density at radius 1 is 1.26 bits per heavy atom. The molecule has 0 fully saturated rings. The monoisotopic (exact) mass is 278 g/mol. The highest BCUT2D eigenvalue weighted by Gasteiger charge is 2.07. The number of aldehydes is 1. The highest BCUT2D eigenvalue weighted by atomic mass is 35.5. The lowest BCUT2D eigenvalue weighted by atomic mass is 10.1. The van der Waals surface area contributed by atoms with E-state index < -0.39 is 0 Å². The van der Waals surface area contributed by atoms with Crippen molar-refractivity contribution in [2.24, 2.45) is 0 Å². The summed E-state index contributed by atoms with van der Waals surface area (Å²) < 4.78 is 19.0. The first-order chi connectivity index (χ1) is 9.10. The summed E-state index contributed by atoms with van der Waals surface area (Å²) in [7, 11) is 0. The maximum absolute atomic E-state index is 13.5. The molecule has 0 atom stereocenters. The number of hydrogen-bond acceptors (Lipinski definition) is 2. The van der Waals surface area contributed by atoms with Crippen LogP contribution in [-0.4, -0.2) is 6.29 Å². The van der Waals surface area contributed by atoms with Gasteiger partial charge in [-0.15, -0.1) is 0 Å². The third-order valence-corrected chi connectivity index (χ3v) is 2.92. The van der Waals surface area contributed by atoms with E-state index >= 15 is 0 Å². The first kappa shape index (κ1) is 13.6. The highest BCUT2D eigenvalue weighted by molar-refractivity contribution is 6.30. The molecule has 2 nitrogen and oxygen atoms in total. The van der Waals surface area contributed by atoms with Gasteiger partial charge in [-0.05, 0) is 37.3 Å². The van der Waals surface area contributed by atoms with Gasteiger partial charge < -0.3 is 4.74 Å². The normalized spacial score (nSPS) is 10.3. The average molecular weight is 279 g/mol. The van der Waals surface area contributed by atoms with Crippen LogP contribution in [0.15, 0.2) is 36.4 Å². The van der Waals surface area contributed by atoms with Gasteiger partial charge in [-0.1, -0.05) is 23.2 Å². The molecule has 2 aromatic carbocycles. The summed E-state index contributed by atoms with van der Waals surface area (Å²) in [6, 6.07) is 9.51. The number of hydrogen-bond donors (Lipinski definition) is 0. The molecule has 2 rings (SSSR count). The molecule has 0 aliphatic carbocycles. The molecule has 19 heavy (non-hydrogen) atoms. The van der Waals surface area contributed by atoms with Gasteiger partial charge in [0.2, 0.25) is 0 Å². The molecule has 2 aromatic rings. The third-order valence-electron chi connectivity index (χ3n) is 2.68. The molecule has 0 N–H and O–H groups in total. The predicted molar refractivity (Wildman–Crippen MR) is 72.3 cm³/mol. The second kappa shape index (κ2) is 5.85. The van der Waals surface area contributed by atoms with Crippen LogP contribution in [0.25, 0.3) is 0 Å². The van der Waals surface area contributed by atoms with Gasteiger partial charge in [-0.2, -0.15) is 0 Å². The van der Waals surface area contributed by atoms with Crippen LogP contribution in [0.1, 0.15) is 21.5 Å². The van der Waals surface area contributed by atoms with E-state index in [4.69, 9.17) is 16.3 Å². The second-order valence-corrected chi connectivity index (χ2v) is 4.62. The zero-order valence-corrected chi connectivity index (χ0v) is 11.1. The number of rotatable bonds is 4. The molecule has 0 aromatic heterocycles. The molecule has 0 bridgehead atoms. The van der Waals surface area contributed by atoms with Crippen LogP contribution in [0.4, 0.5) is 4.39 Å². The van der Waals surface area contributed by atoms with Gasteiger partial charge in [-0.3, -0.25) is 4.79 Å². The Kier molecular flexibility index (Phi) is 4.17. The molecule has 0 saturated heterocycles. The molecule has 0 heterocycles. The van der Waals surface area contributed by atoms with Crippen LogP contribution < -0.4 is 4.74 Å². The molecule has 98 valence electrons. The minimum atomic E-state index is -0.385. The SMILES string of the molecule is Cc1ccc(OCc2cc(Cl)ccc2F)c(C=O)c1. The zero-order chi connectivity index (χ0) is 13.8. The summed E-state index contributed by atoms with van der Waals surface area (Å²) in [6.07, 6.45) is 0.719. The smallest absolute Gasteiger partial charge is 0.153 e. The number of carbonyl (C=O) groups excluding carboxylic acids is 1. The molecule has 0 aliphatic heterocycles. The molecule has 0 amide bonds. The van der Waals surface area contributed by atoms with Crippen LogP contribution in [-0.2, 0) is 6.61 Å². The van der Waals surface area contributed by atoms with Crippen LogP contribution in [0.2, 0.25) is 5.02 Å². The average Bonchev–Trinajstić information content (AvgIpc) is 2.40. The third kappa shape index (κ3) is 3.32. The number of benzene rings is 2. The lowest BCUT2D eigenvalue weighted by molar-refractivity contribution is 0.111. The van der Waals surface area contributed by atoms with Crippen molar-refractivity contribution >= 4 is 17.9 Å². The van der Waals surface area contributed by atoms with Crippen molar-refractivity contribution in [3.63, 3.8) is 0 Å². The second-order valence-electron chi connectivity index (χ2n) is 4.18. The molecule has 0 unspecified atom stereocenters. The first-order valence-corrected chi connectivity index (χ1v) is 6.10. The van der Waals surface area contributed by atoms with Crippen LogP contribution in [0, 0.1) is 12.7 Å². The summed E-state index contributed by atoms with van der Waals surface area (Å²) in [4.78, 5) is 10.9. The van der Waals surface area contributed by atoms with E-state index in [0.29, 0.717) is 21.9 Å². The highest BCUT2D eigenvalue weighted by Crippen LogP contribution is 2.21. The predicted octanol–water partition coefficient (Wildman–Crippen LogP) is 4.18. The fourth-order valence-corrected chi connectivity index (χ4v) is 1.90. The topological polar surface area (TPSA) is 26.3 Å². The van der Waals surface area contributed by atoms with E-state index in [1.807, 2.05) is 13.0 Å². The van der Waals surface area contributed by atoms with Crippen LogP contribution >= 0.6 is 11.6 Å². The lowest BCUT2D eigenvalue weighted by Crippen LogP contribution is -2.01. The Morgan fingerprint density at radius 3 is 2.79 bits per heavy atom. The van der Waals surface area contributed by atoms with Gasteiger partial charge >= 0.3 is 0 Å². The van der Waals surface area contributed by atoms with Gasteiger partial charge in [0, 0.05) is 10.6 Å². The fraction of sp³-hybridized carbons (Fsp3) is 0.133. The van der Waals surface area contributed by atoms with Crippen LogP contribution in [0.3, 0.4) is 0 Å². The van der Waals surface area contributed by atoms with E-state index in [2.05, 4.69) is 0 Å². The van der Waals surface area contributed by atoms with Crippen molar-refractivity contribution in [1.82, 2.24) is 0 Å². The number of ether oxygens (including phenoxy) is 1. The first-order valence-electron chi connectivity index (χ1n) is 5.72. The van der Waals surface area contributed by atoms with E-state index in [-0.39, 0.29) is 12.4 Å². The Bertz CT molecular complexity index is 611. The van der Waals surface area contributed by atoms with Gasteiger partial charge in [0.05, 0.1) is 5.56 Å². The summed E-state index contributed by atoms with van der Waals surface area (Å²) in [5, 5.41) is 0.444. The maximum Gasteiger partial charge on any atom is 0.153 e. The standard InChI is InChI=1S/C15H12ClFO2/c1-10-2-5-15(11(6-10)8-18)19-9-12-7-13(16)3-4-14(12)17/h2-8H,9H2,1H3. The molecule has 0 aliphatic rings. The van der Waals surface area contributed by atoms with Crippen molar-refractivity contribution in [1.29, 1.82) is 0 Å².